The van der Waals surface area contributed by atoms with Crippen molar-refractivity contribution in [2.24, 2.45) is 0 Å². The van der Waals surface area contributed by atoms with Gasteiger partial charge in [-0.25, -0.2) is 15.0 Å². The first-order valence-corrected chi connectivity index (χ1v) is 34.8. The highest BCUT2D eigenvalue weighted by Gasteiger charge is 2.34. The molecule has 8 heterocycles. The van der Waals surface area contributed by atoms with E-state index in [4.69, 9.17) is 15.0 Å². The van der Waals surface area contributed by atoms with E-state index in [-0.39, 0.29) is 0 Å². The molecule has 9 heteroatoms. The zero-order valence-corrected chi connectivity index (χ0v) is 54.9. The van der Waals surface area contributed by atoms with Gasteiger partial charge in [0.15, 0.2) is 17.5 Å². The third-order valence-electron chi connectivity index (χ3n) is 21.2. The normalized spacial score (nSPS) is 12.1. The number of hydrogen-bond donors (Lipinski definition) is 0. The van der Waals surface area contributed by atoms with Crippen molar-refractivity contribution in [3.63, 3.8) is 0 Å². The van der Waals surface area contributed by atoms with Crippen LogP contribution in [0.25, 0.3) is 199 Å². The van der Waals surface area contributed by atoms with Gasteiger partial charge in [-0.15, -0.1) is 0 Å². The van der Waals surface area contributed by atoms with Crippen molar-refractivity contribution in [1.29, 1.82) is 0 Å². The summed E-state index contributed by atoms with van der Waals surface area (Å²) < 4.78 is 14.8. The van der Waals surface area contributed by atoms with E-state index in [1.54, 1.807) is 0 Å². The Balaban J connectivity index is 0.998. The Labute approximate surface area is 583 Å². The van der Waals surface area contributed by atoms with Crippen LogP contribution in [-0.4, -0.2) is 42.4 Å². The topological polar surface area (TPSA) is 68.2 Å². The molecule has 0 fully saturated rings. The van der Waals surface area contributed by atoms with Crippen LogP contribution in [0.5, 0.6) is 0 Å². The largest absolute Gasteiger partial charge is 0.309 e. The molecule has 0 amide bonds. The minimum Gasteiger partial charge on any atom is -0.309 e. The summed E-state index contributed by atoms with van der Waals surface area (Å²) in [4.78, 5) is 18.3. The fourth-order valence-electron chi connectivity index (χ4n) is 17.0. The molecule has 8 aromatic heterocycles. The molecule has 22 rings (SSSR count). The van der Waals surface area contributed by atoms with Crippen LogP contribution in [0, 0.1) is 0 Å². The molecule has 0 unspecified atom stereocenters. The highest BCUT2D eigenvalue weighted by molar-refractivity contribution is 6.18. The number of pyridine rings is 1. The van der Waals surface area contributed by atoms with Crippen molar-refractivity contribution in [3.8, 4) is 68.3 Å². The van der Waals surface area contributed by atoms with Gasteiger partial charge in [0.1, 0.15) is 11.4 Å². The van der Waals surface area contributed by atoms with E-state index in [0.717, 1.165) is 154 Å². The van der Waals surface area contributed by atoms with Gasteiger partial charge < -0.3 is 18.3 Å². The monoisotopic (exact) mass is 1300 g/mol. The first-order valence-electron chi connectivity index (χ1n) is 34.8. The number of fused-ring (bicyclic) bond motifs is 18. The van der Waals surface area contributed by atoms with Crippen molar-refractivity contribution in [1.82, 2.24) is 42.4 Å². The maximum atomic E-state index is 6.68. The van der Waals surface area contributed by atoms with Gasteiger partial charge in [0, 0.05) is 87.1 Å². The second-order valence-electron chi connectivity index (χ2n) is 26.6. The summed E-state index contributed by atoms with van der Waals surface area (Å²) >= 11 is 0. The number of benzene rings is 14. The van der Waals surface area contributed by atoms with Crippen LogP contribution in [0.4, 0.5) is 0 Å². The zero-order valence-electron chi connectivity index (χ0n) is 54.9. The predicted octanol–water partition coefficient (Wildman–Crippen LogP) is 23.5. The van der Waals surface area contributed by atoms with Crippen LogP contribution in [0.3, 0.4) is 0 Å². The lowest BCUT2D eigenvalue weighted by Gasteiger charge is -2.26. The quantitative estimate of drug-likeness (QED) is 0.145. The first kappa shape index (κ1) is 56.2. The van der Waals surface area contributed by atoms with E-state index in [9.17, 15) is 0 Å². The van der Waals surface area contributed by atoms with Crippen LogP contribution in [0.2, 0.25) is 0 Å². The molecule has 0 N–H and O–H groups in total. The molecule has 0 aliphatic rings. The van der Waals surface area contributed by atoms with Crippen molar-refractivity contribution < 1.29 is 0 Å². The summed E-state index contributed by atoms with van der Waals surface area (Å²) in [5.74, 6) is 2.01. The lowest BCUT2D eigenvalue weighted by Crippen LogP contribution is -2.16. The first-order chi connectivity index (χ1) is 50.7. The zero-order chi connectivity index (χ0) is 66.7. The molecule has 102 heavy (non-hydrogen) atoms. The van der Waals surface area contributed by atoms with E-state index in [1.807, 2.05) is 0 Å². The van der Waals surface area contributed by atoms with Crippen LogP contribution in [0.15, 0.2) is 346 Å². The molecule has 0 aliphatic heterocycles. The summed E-state index contributed by atoms with van der Waals surface area (Å²) in [6.45, 7) is 0. The Bertz CT molecular complexity index is 6760. The lowest BCUT2D eigenvalue weighted by atomic mass is 10.0. The van der Waals surface area contributed by atoms with Crippen molar-refractivity contribution >= 4 is 131 Å². The SMILES string of the molecule is c1ccc(-c2cc(-c3c(-n4c5ccccc5c5ccccc54)c(-n4c5ccccc5c5ccccc54)nc(-n4c5ccc(-n6c7ccccc7c7ccccc76)cc5c5cc(-n6c7ccccc7c7ccccc76)ccc54)c3-n3c4ccccc4c4ccccc43)nc(-c3ccccc3)n2)cc1. The van der Waals surface area contributed by atoms with Gasteiger partial charge in [-0.3, -0.25) is 9.13 Å². The van der Waals surface area contributed by atoms with Crippen molar-refractivity contribution in [2.45, 2.75) is 0 Å². The molecule has 474 valence electrons. The molecule has 0 bridgehead atoms. The molecule has 9 nitrogen and oxygen atoms in total. The average Bonchev–Trinajstić information content (AvgIpc) is 1.52. The standard InChI is InChI=1S/C93H57N9/c1-3-27-58(28-4-1)74-57-75(95-91(94-74)59-29-5-2-6-30-59)88-89(99-80-45-21-11-35-66(80)67-36-12-22-46-81(67)99)92(101-84-49-25-15-39-70(84)71-40-16-26-50-85(71)101)96-93(90(88)100-82-47-23-13-37-68(82)69-38-14-24-48-83(69)100)102-86-53-51-60(97-76-41-17-7-31-62(76)63-32-8-18-42-77(63)97)55-72(86)73-56-61(52-54-87(73)102)98-78-43-19-9-33-64(78)65-34-10-20-44-79(65)98/h1-57H. The van der Waals surface area contributed by atoms with E-state index < -0.39 is 0 Å². The summed E-state index contributed by atoms with van der Waals surface area (Å²) in [6.07, 6.45) is 0. The van der Waals surface area contributed by atoms with Crippen LogP contribution < -0.4 is 0 Å². The average molecular weight is 1300 g/mol. The number of para-hydroxylation sites is 10. The Morgan fingerprint density at radius 2 is 0.431 bits per heavy atom. The fraction of sp³-hybridized carbons (Fsp3) is 0. The van der Waals surface area contributed by atoms with Crippen molar-refractivity contribution in [2.75, 3.05) is 0 Å². The summed E-state index contributed by atoms with van der Waals surface area (Å²) in [7, 11) is 0. The highest BCUT2D eigenvalue weighted by atomic mass is 15.2. The van der Waals surface area contributed by atoms with Crippen LogP contribution >= 0.6 is 0 Å². The van der Waals surface area contributed by atoms with E-state index in [2.05, 4.69) is 373 Å². The smallest absolute Gasteiger partial charge is 0.165 e. The summed E-state index contributed by atoms with van der Waals surface area (Å²) in [5.41, 5.74) is 20.6. The van der Waals surface area contributed by atoms with Gasteiger partial charge in [-0.05, 0) is 103 Å². The molecular formula is C93H57N9. The maximum Gasteiger partial charge on any atom is 0.165 e. The minimum atomic E-state index is 0.595. The molecule has 0 atom stereocenters. The Morgan fingerprint density at radius 3 is 0.755 bits per heavy atom. The summed E-state index contributed by atoms with van der Waals surface area (Å²) in [5, 5.41) is 13.6. The van der Waals surface area contributed by atoms with Gasteiger partial charge in [-0.1, -0.05) is 243 Å². The third kappa shape index (κ3) is 8.06. The predicted molar refractivity (Wildman–Crippen MR) is 422 cm³/mol. The fourth-order valence-corrected chi connectivity index (χ4v) is 17.0. The van der Waals surface area contributed by atoms with Gasteiger partial charge in [-0.2, -0.15) is 0 Å². The Kier molecular flexibility index (Phi) is 12.0. The van der Waals surface area contributed by atoms with Crippen LogP contribution in [-0.2, 0) is 0 Å². The van der Waals surface area contributed by atoms with E-state index in [1.165, 1.54) is 21.5 Å². The molecule has 0 saturated carbocycles. The third-order valence-corrected chi connectivity index (χ3v) is 21.2. The Hall–Kier alpha value is -13.9. The maximum absolute atomic E-state index is 6.68. The second kappa shape index (κ2) is 21.8. The minimum absolute atomic E-state index is 0.595. The summed E-state index contributed by atoms with van der Waals surface area (Å²) in [6, 6.07) is 126. The van der Waals surface area contributed by atoms with E-state index in [0.29, 0.717) is 23.2 Å². The lowest BCUT2D eigenvalue weighted by molar-refractivity contribution is 0.958. The number of aromatic nitrogens is 9. The molecule has 14 aromatic carbocycles. The van der Waals surface area contributed by atoms with Gasteiger partial charge in [0.2, 0.25) is 0 Å². The number of hydrogen-bond acceptors (Lipinski definition) is 3. The molecule has 22 aromatic rings. The molecular weight excluding hydrogens is 1240 g/mol. The molecule has 0 aliphatic carbocycles. The van der Waals surface area contributed by atoms with Crippen molar-refractivity contribution in [3.05, 3.63) is 346 Å². The number of rotatable bonds is 9. The van der Waals surface area contributed by atoms with Gasteiger partial charge in [0.05, 0.1) is 83.2 Å². The number of nitrogens with zero attached hydrogens (tertiary/aromatic N) is 9. The van der Waals surface area contributed by atoms with E-state index >= 15 is 0 Å². The second-order valence-corrected chi connectivity index (χ2v) is 26.6. The Morgan fingerprint density at radius 1 is 0.176 bits per heavy atom. The van der Waals surface area contributed by atoms with Gasteiger partial charge >= 0.3 is 0 Å². The van der Waals surface area contributed by atoms with Gasteiger partial charge in [0.25, 0.3) is 0 Å². The molecule has 0 radical (unpaired) electrons. The molecule has 0 spiro atoms. The van der Waals surface area contributed by atoms with Crippen LogP contribution in [0.1, 0.15) is 0 Å². The molecule has 0 saturated heterocycles. The highest BCUT2D eigenvalue weighted by Crippen LogP contribution is 2.50.